The summed E-state index contributed by atoms with van der Waals surface area (Å²) in [5.41, 5.74) is 0.845. The van der Waals surface area contributed by atoms with Crippen molar-refractivity contribution in [3.8, 4) is 5.75 Å². The third-order valence-electron chi connectivity index (χ3n) is 2.57. The number of carbonyl (C=O) groups is 1. The van der Waals surface area contributed by atoms with E-state index in [9.17, 15) is 4.79 Å². The van der Waals surface area contributed by atoms with Gasteiger partial charge in [0.15, 0.2) is 0 Å². The number of anilines is 1. The molecule has 3 rings (SSSR count). The molecule has 0 radical (unpaired) electrons. The minimum absolute atomic E-state index is 0.773. The predicted molar refractivity (Wildman–Crippen MR) is 68.6 cm³/mol. The Morgan fingerprint density at radius 3 is 2.47 bits per heavy atom. The van der Waals surface area contributed by atoms with Gasteiger partial charge in [0.1, 0.15) is 5.75 Å². The quantitative estimate of drug-likeness (QED) is 0.599. The van der Waals surface area contributed by atoms with Crippen LogP contribution in [0.25, 0.3) is 0 Å². The smallest absolute Gasteiger partial charge is 0.232 e. The number of hydrogen-bond donors (Lipinski definition) is 0. The van der Waals surface area contributed by atoms with Crippen LogP contribution in [0.1, 0.15) is 0 Å². The van der Waals surface area contributed by atoms with E-state index in [4.69, 9.17) is 4.52 Å². The Morgan fingerprint density at radius 2 is 1.71 bits per heavy atom. The molecule has 1 aliphatic rings. The Morgan fingerprint density at radius 1 is 1.00 bits per heavy atom. The fourth-order valence-corrected chi connectivity index (χ4v) is 3.45. The Balaban J connectivity index is 2.03. The van der Waals surface area contributed by atoms with Crippen LogP contribution in [-0.2, 0) is 4.79 Å². The highest BCUT2D eigenvalue weighted by Crippen LogP contribution is 2.53. The number of benzene rings is 2. The highest BCUT2D eigenvalue weighted by molar-refractivity contribution is 7.64. The van der Waals surface area contributed by atoms with Crippen molar-refractivity contribution in [2.75, 3.05) is 4.67 Å². The van der Waals surface area contributed by atoms with Crippen LogP contribution in [0, 0.1) is 0 Å². The molecule has 2 aromatic rings. The number of para-hydroxylation sites is 2. The number of hydrogen-bond acceptors (Lipinski definition) is 2. The van der Waals surface area contributed by atoms with Crippen molar-refractivity contribution in [1.29, 1.82) is 0 Å². The summed E-state index contributed by atoms with van der Waals surface area (Å²) in [6.45, 7) is 0. The number of amides is 1. The van der Waals surface area contributed by atoms with Crippen molar-refractivity contribution in [3.05, 3.63) is 54.6 Å². The van der Waals surface area contributed by atoms with Gasteiger partial charge in [-0.3, -0.25) is 9.46 Å². The van der Waals surface area contributed by atoms with Gasteiger partial charge in [-0.2, -0.15) is 0 Å². The molecule has 1 atom stereocenters. The second-order valence-electron chi connectivity index (χ2n) is 3.62. The summed E-state index contributed by atoms with van der Waals surface area (Å²) in [4.78, 5) is 11.2. The first-order valence-electron chi connectivity index (χ1n) is 5.27. The maximum Gasteiger partial charge on any atom is 0.232 e. The van der Waals surface area contributed by atoms with Gasteiger partial charge in [-0.25, -0.2) is 0 Å². The third-order valence-corrected chi connectivity index (χ3v) is 4.38. The van der Waals surface area contributed by atoms with Crippen LogP contribution in [0.4, 0.5) is 5.69 Å². The average Bonchev–Trinajstić information content (AvgIpc) is 2.78. The molecule has 0 saturated carbocycles. The zero-order valence-corrected chi connectivity index (χ0v) is 9.88. The number of carbonyl (C=O) groups excluding carboxylic acids is 1. The molecule has 17 heavy (non-hydrogen) atoms. The van der Waals surface area contributed by atoms with Gasteiger partial charge in [0.2, 0.25) is 14.7 Å². The Hall–Kier alpha value is -1.86. The molecular formula is C13H10NO2P. The monoisotopic (exact) mass is 243 g/mol. The molecule has 0 N–H and O–H groups in total. The van der Waals surface area contributed by atoms with Crippen LogP contribution in [0.2, 0.25) is 0 Å². The van der Waals surface area contributed by atoms with Gasteiger partial charge in [-0.05, 0) is 24.3 Å². The second-order valence-corrected chi connectivity index (χ2v) is 5.29. The van der Waals surface area contributed by atoms with Gasteiger partial charge in [0.25, 0.3) is 0 Å². The lowest BCUT2D eigenvalue weighted by molar-refractivity contribution is -0.106. The molecule has 0 saturated heterocycles. The molecule has 0 bridgehead atoms. The summed E-state index contributed by atoms with van der Waals surface area (Å²) in [6, 6.07) is 17.4. The first kappa shape index (κ1) is 10.3. The summed E-state index contributed by atoms with van der Waals surface area (Å²) in [6.07, 6.45) is 0.838. The molecule has 0 aliphatic carbocycles. The molecule has 84 valence electrons. The van der Waals surface area contributed by atoms with Crippen LogP contribution in [0.3, 0.4) is 0 Å². The minimum atomic E-state index is -1.07. The van der Waals surface area contributed by atoms with Gasteiger partial charge >= 0.3 is 0 Å². The summed E-state index contributed by atoms with van der Waals surface area (Å²) >= 11 is 0. The zero-order chi connectivity index (χ0) is 11.7. The van der Waals surface area contributed by atoms with Crippen molar-refractivity contribution in [1.82, 2.24) is 0 Å². The minimum Gasteiger partial charge on any atom is -0.446 e. The zero-order valence-electron chi connectivity index (χ0n) is 8.98. The summed E-state index contributed by atoms with van der Waals surface area (Å²) in [7, 11) is -1.07. The molecule has 1 aliphatic heterocycles. The Kier molecular flexibility index (Phi) is 2.54. The van der Waals surface area contributed by atoms with E-state index in [0.29, 0.717) is 0 Å². The van der Waals surface area contributed by atoms with Crippen LogP contribution < -0.4 is 14.5 Å². The SMILES string of the molecule is O=CN1c2ccccc2OP1c1ccccc1. The van der Waals surface area contributed by atoms with Crippen LogP contribution in [0.15, 0.2) is 54.6 Å². The lowest BCUT2D eigenvalue weighted by Crippen LogP contribution is -2.18. The Labute approximate surface area is 101 Å². The molecule has 1 heterocycles. The molecule has 1 amide bonds. The first-order valence-corrected chi connectivity index (χ1v) is 6.48. The van der Waals surface area contributed by atoms with Crippen molar-refractivity contribution < 1.29 is 9.32 Å². The fraction of sp³-hybridized carbons (Fsp3) is 0. The standard InChI is InChI=1S/C13H10NO2P/c15-10-14-12-8-4-5-9-13(12)16-17(14)11-6-2-1-3-7-11/h1-10H. The van der Waals surface area contributed by atoms with Crippen LogP contribution in [-0.4, -0.2) is 6.41 Å². The highest BCUT2D eigenvalue weighted by atomic mass is 31.2. The predicted octanol–water partition coefficient (Wildman–Crippen LogP) is 2.68. The van der Waals surface area contributed by atoms with Crippen molar-refractivity contribution in [2.45, 2.75) is 0 Å². The highest BCUT2D eigenvalue weighted by Gasteiger charge is 2.32. The van der Waals surface area contributed by atoms with Crippen LogP contribution >= 0.6 is 8.30 Å². The molecule has 0 aromatic heterocycles. The van der Waals surface area contributed by atoms with E-state index in [-0.39, 0.29) is 0 Å². The Bertz CT molecular complexity index is 544. The lowest BCUT2D eigenvalue weighted by Gasteiger charge is -2.17. The van der Waals surface area contributed by atoms with Gasteiger partial charge < -0.3 is 4.52 Å². The van der Waals surface area contributed by atoms with E-state index in [2.05, 4.69) is 0 Å². The summed E-state index contributed by atoms with van der Waals surface area (Å²) in [5, 5.41) is 1.03. The summed E-state index contributed by atoms with van der Waals surface area (Å²) in [5.74, 6) is 0.773. The van der Waals surface area contributed by atoms with Gasteiger partial charge in [-0.15, -0.1) is 0 Å². The van der Waals surface area contributed by atoms with E-state index in [1.54, 1.807) is 4.67 Å². The van der Waals surface area contributed by atoms with E-state index in [0.717, 1.165) is 23.2 Å². The lowest BCUT2D eigenvalue weighted by atomic mass is 10.3. The molecular weight excluding hydrogens is 233 g/mol. The largest absolute Gasteiger partial charge is 0.446 e. The van der Waals surface area contributed by atoms with Gasteiger partial charge in [0, 0.05) is 5.30 Å². The van der Waals surface area contributed by atoms with Gasteiger partial charge in [-0.1, -0.05) is 30.3 Å². The maximum atomic E-state index is 11.2. The molecule has 1 unspecified atom stereocenters. The van der Waals surface area contributed by atoms with Crippen molar-refractivity contribution in [3.63, 3.8) is 0 Å². The summed E-state index contributed by atoms with van der Waals surface area (Å²) < 4.78 is 7.52. The number of rotatable bonds is 2. The molecule has 3 nitrogen and oxygen atoms in total. The van der Waals surface area contributed by atoms with Crippen LogP contribution in [0.5, 0.6) is 5.75 Å². The average molecular weight is 243 g/mol. The van der Waals surface area contributed by atoms with Gasteiger partial charge in [0.05, 0.1) is 5.69 Å². The first-order chi connectivity index (χ1) is 8.40. The maximum absolute atomic E-state index is 11.2. The third kappa shape index (κ3) is 1.69. The van der Waals surface area contributed by atoms with E-state index in [1.165, 1.54) is 0 Å². The van der Waals surface area contributed by atoms with E-state index < -0.39 is 8.30 Å². The van der Waals surface area contributed by atoms with Crippen molar-refractivity contribution in [2.24, 2.45) is 0 Å². The van der Waals surface area contributed by atoms with Crippen molar-refractivity contribution >= 4 is 25.7 Å². The molecule has 2 aromatic carbocycles. The fourth-order valence-electron chi connectivity index (χ4n) is 1.79. The molecule has 4 heteroatoms. The van der Waals surface area contributed by atoms with E-state index >= 15 is 0 Å². The number of fused-ring (bicyclic) bond motifs is 1. The molecule has 0 fully saturated rings. The second kappa shape index (κ2) is 4.19. The van der Waals surface area contributed by atoms with E-state index in [1.807, 2.05) is 54.6 Å². The normalized spacial score (nSPS) is 17.4. The topological polar surface area (TPSA) is 29.5 Å². The number of nitrogens with zero attached hydrogens (tertiary/aromatic N) is 1. The molecule has 0 spiro atoms.